The fourth-order valence-electron chi connectivity index (χ4n) is 1.14. The Morgan fingerprint density at radius 2 is 2.07 bits per heavy atom. The first-order chi connectivity index (χ1) is 6.96. The van der Waals surface area contributed by atoms with Crippen molar-refractivity contribution < 1.29 is 13.2 Å². The van der Waals surface area contributed by atoms with Crippen LogP contribution in [-0.2, 0) is 6.54 Å². The molecule has 2 radical (unpaired) electrons. The Labute approximate surface area is 83.5 Å². The molecule has 0 spiro atoms. The molecule has 0 aliphatic heterocycles. The van der Waals surface area contributed by atoms with E-state index in [2.05, 4.69) is 15.3 Å². The van der Waals surface area contributed by atoms with E-state index in [1.165, 1.54) is 12.1 Å². The van der Waals surface area contributed by atoms with Gasteiger partial charge in [0.05, 0.1) is 0 Å². The predicted octanol–water partition coefficient (Wildman–Crippen LogP) is 0.182. The van der Waals surface area contributed by atoms with E-state index in [1.807, 2.05) is 0 Å². The zero-order chi connectivity index (χ0) is 11.1. The molecule has 0 fully saturated rings. The summed E-state index contributed by atoms with van der Waals surface area (Å²) in [7, 11) is 5.35. The maximum atomic E-state index is 12.1. The van der Waals surface area contributed by atoms with Crippen LogP contribution in [0.4, 0.5) is 13.2 Å². The minimum Gasteiger partial charge on any atom is -0.244 e. The van der Waals surface area contributed by atoms with Crippen molar-refractivity contribution in [3.8, 4) is 0 Å². The average molecular weight is 212 g/mol. The first-order valence-electron chi connectivity index (χ1n) is 3.98. The topological polar surface area (TPSA) is 43.6 Å². The second kappa shape index (κ2) is 3.21. The zero-order valence-electron chi connectivity index (χ0n) is 7.36. The summed E-state index contributed by atoms with van der Waals surface area (Å²) in [4.78, 5) is 3.74. The van der Waals surface area contributed by atoms with Gasteiger partial charge in [-0.2, -0.15) is 13.2 Å². The zero-order valence-corrected chi connectivity index (χ0v) is 7.36. The highest BCUT2D eigenvalue weighted by molar-refractivity contribution is 6.30. The number of fused-ring (bicyclic) bond motifs is 1. The van der Waals surface area contributed by atoms with Gasteiger partial charge in [0.1, 0.15) is 19.9 Å². The van der Waals surface area contributed by atoms with Gasteiger partial charge < -0.3 is 0 Å². The lowest BCUT2D eigenvalue weighted by molar-refractivity contribution is -0.142. The molecule has 0 atom stereocenters. The van der Waals surface area contributed by atoms with Crippen molar-refractivity contribution in [1.29, 1.82) is 0 Å². The number of halogens is 3. The van der Waals surface area contributed by atoms with Crippen LogP contribution in [0.1, 0.15) is 0 Å². The third-order valence-corrected chi connectivity index (χ3v) is 1.71. The van der Waals surface area contributed by atoms with Crippen LogP contribution in [0.3, 0.4) is 0 Å². The summed E-state index contributed by atoms with van der Waals surface area (Å²) in [5.74, 6) is 0. The molecule has 0 amide bonds. The molecule has 0 saturated carbocycles. The third kappa shape index (κ3) is 2.08. The number of hydrogen-bond donors (Lipinski definition) is 0. The first-order valence-corrected chi connectivity index (χ1v) is 3.98. The molecule has 0 N–H and O–H groups in total. The van der Waals surface area contributed by atoms with Crippen molar-refractivity contribution in [3.63, 3.8) is 0 Å². The van der Waals surface area contributed by atoms with Crippen LogP contribution in [0.5, 0.6) is 0 Å². The largest absolute Gasteiger partial charge is 0.408 e. The van der Waals surface area contributed by atoms with Gasteiger partial charge in [-0.1, -0.05) is 5.21 Å². The second-order valence-corrected chi connectivity index (χ2v) is 2.94. The number of aromatic nitrogens is 4. The molecule has 2 heterocycles. The summed E-state index contributed by atoms with van der Waals surface area (Å²) in [6, 6.07) is 2.92. The molecule has 0 aliphatic rings. The number of pyridine rings is 1. The monoisotopic (exact) mass is 212 g/mol. The van der Waals surface area contributed by atoms with Crippen molar-refractivity contribution in [2.75, 3.05) is 0 Å². The minimum atomic E-state index is -4.35. The van der Waals surface area contributed by atoms with Crippen LogP contribution in [0, 0.1) is 0 Å². The van der Waals surface area contributed by atoms with Gasteiger partial charge >= 0.3 is 6.18 Å². The summed E-state index contributed by atoms with van der Waals surface area (Å²) in [6.45, 7) is -1.22. The minimum absolute atomic E-state index is 0.0346. The van der Waals surface area contributed by atoms with Gasteiger partial charge in [0.2, 0.25) is 0 Å². The van der Waals surface area contributed by atoms with E-state index in [1.54, 1.807) is 0 Å². The van der Waals surface area contributed by atoms with E-state index in [0.29, 0.717) is 4.68 Å². The molecule has 15 heavy (non-hydrogen) atoms. The molecule has 76 valence electrons. The highest BCUT2D eigenvalue weighted by atomic mass is 19.4. The average Bonchev–Trinajstić information content (AvgIpc) is 2.46. The molecule has 2 rings (SSSR count). The van der Waals surface area contributed by atoms with Gasteiger partial charge in [0, 0.05) is 0 Å². The van der Waals surface area contributed by atoms with Crippen molar-refractivity contribution in [3.05, 3.63) is 12.1 Å². The normalized spacial score (nSPS) is 12.2. The molecule has 4 nitrogen and oxygen atoms in total. The Bertz CT molecular complexity index is 492. The number of rotatable bonds is 1. The van der Waals surface area contributed by atoms with E-state index in [9.17, 15) is 13.2 Å². The first kappa shape index (κ1) is 9.94. The SMILES string of the molecule is [B]c1ccc2nnn(CC(F)(F)F)c2n1. The van der Waals surface area contributed by atoms with Gasteiger partial charge in [0.25, 0.3) is 0 Å². The molecule has 0 bridgehead atoms. The van der Waals surface area contributed by atoms with Crippen molar-refractivity contribution >= 4 is 24.6 Å². The molecule has 0 unspecified atom stereocenters. The Balaban J connectivity index is 2.48. The van der Waals surface area contributed by atoms with Crippen LogP contribution >= 0.6 is 0 Å². The molecule has 8 heteroatoms. The fraction of sp³-hybridized carbons (Fsp3) is 0.286. The summed E-state index contributed by atoms with van der Waals surface area (Å²) in [5.41, 5.74) is 0.453. The Hall–Kier alpha value is -1.60. The van der Waals surface area contributed by atoms with Crippen LogP contribution in [-0.4, -0.2) is 34.0 Å². The molecular formula is C7H4BF3N4. The fourth-order valence-corrected chi connectivity index (χ4v) is 1.14. The quantitative estimate of drug-likeness (QED) is 0.633. The van der Waals surface area contributed by atoms with Gasteiger partial charge in [-0.3, -0.25) is 0 Å². The van der Waals surface area contributed by atoms with Crippen LogP contribution in [0.15, 0.2) is 12.1 Å². The number of hydrogen-bond acceptors (Lipinski definition) is 3. The molecule has 0 saturated heterocycles. The van der Waals surface area contributed by atoms with Gasteiger partial charge in [-0.05, 0) is 17.7 Å². The van der Waals surface area contributed by atoms with Gasteiger partial charge in [-0.25, -0.2) is 9.67 Å². The van der Waals surface area contributed by atoms with Crippen LogP contribution < -0.4 is 5.59 Å². The summed E-state index contributed by atoms with van der Waals surface area (Å²) >= 11 is 0. The predicted molar refractivity (Wildman–Crippen MR) is 46.8 cm³/mol. The van der Waals surface area contributed by atoms with Crippen molar-refractivity contribution in [1.82, 2.24) is 20.0 Å². The van der Waals surface area contributed by atoms with Crippen LogP contribution in [0.25, 0.3) is 11.2 Å². The maximum absolute atomic E-state index is 12.1. The number of alkyl halides is 3. The van der Waals surface area contributed by atoms with Crippen molar-refractivity contribution in [2.45, 2.75) is 12.7 Å². The summed E-state index contributed by atoms with van der Waals surface area (Å²) in [6.07, 6.45) is -4.35. The van der Waals surface area contributed by atoms with E-state index in [0.717, 1.165) is 0 Å². The molecule has 2 aromatic heterocycles. The Kier molecular flexibility index (Phi) is 2.13. The van der Waals surface area contributed by atoms with E-state index in [4.69, 9.17) is 7.85 Å². The number of nitrogens with zero attached hydrogens (tertiary/aromatic N) is 4. The third-order valence-electron chi connectivity index (χ3n) is 1.71. The van der Waals surface area contributed by atoms with E-state index in [-0.39, 0.29) is 16.8 Å². The maximum Gasteiger partial charge on any atom is 0.408 e. The van der Waals surface area contributed by atoms with E-state index < -0.39 is 12.7 Å². The molecule has 2 aromatic rings. The lowest BCUT2D eigenvalue weighted by Gasteiger charge is -2.05. The second-order valence-electron chi connectivity index (χ2n) is 2.94. The summed E-state index contributed by atoms with van der Waals surface area (Å²) in [5, 5.41) is 6.89. The smallest absolute Gasteiger partial charge is 0.244 e. The lowest BCUT2D eigenvalue weighted by Crippen LogP contribution is -2.20. The highest BCUT2D eigenvalue weighted by Crippen LogP contribution is 2.18. The lowest BCUT2D eigenvalue weighted by atomic mass is 10.0. The highest BCUT2D eigenvalue weighted by Gasteiger charge is 2.29. The molecule has 0 aromatic carbocycles. The van der Waals surface area contributed by atoms with Gasteiger partial charge in [0.15, 0.2) is 5.65 Å². The summed E-state index contributed by atoms with van der Waals surface area (Å²) < 4.78 is 37.0. The van der Waals surface area contributed by atoms with Crippen molar-refractivity contribution in [2.24, 2.45) is 0 Å². The standard InChI is InChI=1S/C7H4BF3N4/c8-5-2-1-4-6(12-5)15(14-13-4)3-7(9,10)11/h1-2H,3H2. The van der Waals surface area contributed by atoms with Gasteiger partial charge in [-0.15, -0.1) is 5.10 Å². The Morgan fingerprint density at radius 1 is 1.33 bits per heavy atom. The van der Waals surface area contributed by atoms with E-state index >= 15 is 0 Å². The van der Waals surface area contributed by atoms with Crippen LogP contribution in [0.2, 0.25) is 0 Å². The molecular weight excluding hydrogens is 208 g/mol. The Morgan fingerprint density at radius 3 is 2.73 bits per heavy atom. The molecule has 0 aliphatic carbocycles.